The number of nitrogens with zero attached hydrogens (tertiary/aromatic N) is 1. The zero-order valence-corrected chi connectivity index (χ0v) is 15.5. The third-order valence-corrected chi connectivity index (χ3v) is 4.68. The number of fused-ring (bicyclic) bond motifs is 1. The zero-order chi connectivity index (χ0) is 15.5. The molecular formula is C18H22BrClN2O. The maximum Gasteiger partial charge on any atom is 0.0909 e. The summed E-state index contributed by atoms with van der Waals surface area (Å²) in [6, 6.07) is 8.35. The first kappa shape index (κ1) is 18.3. The van der Waals surface area contributed by atoms with E-state index in [-0.39, 0.29) is 18.4 Å². The molecule has 124 valence electrons. The molecule has 2 aromatic rings. The maximum atomic E-state index is 10.7. The fraction of sp³-hybridized carbons (Fsp3) is 0.333. The summed E-state index contributed by atoms with van der Waals surface area (Å²) < 4.78 is 3.28. The number of allylic oxidation sites excluding steroid dienone is 3. The zero-order valence-electron chi connectivity index (χ0n) is 13.1. The Kier molecular flexibility index (Phi) is 6.48. The first-order chi connectivity index (χ1) is 10.7. The lowest BCUT2D eigenvalue weighted by Gasteiger charge is -2.29. The van der Waals surface area contributed by atoms with Crippen molar-refractivity contribution in [1.82, 2.24) is 9.88 Å². The van der Waals surface area contributed by atoms with Gasteiger partial charge in [0.15, 0.2) is 0 Å². The van der Waals surface area contributed by atoms with Gasteiger partial charge in [-0.25, -0.2) is 0 Å². The van der Waals surface area contributed by atoms with E-state index in [4.69, 9.17) is 0 Å². The first-order valence-corrected chi connectivity index (χ1v) is 8.44. The summed E-state index contributed by atoms with van der Waals surface area (Å²) in [4.78, 5) is 0. The Morgan fingerprint density at radius 1 is 1.35 bits per heavy atom. The van der Waals surface area contributed by atoms with Gasteiger partial charge < -0.3 is 15.0 Å². The predicted molar refractivity (Wildman–Crippen MR) is 102 cm³/mol. The van der Waals surface area contributed by atoms with Gasteiger partial charge in [-0.05, 0) is 49.7 Å². The van der Waals surface area contributed by atoms with Crippen LogP contribution >= 0.6 is 28.3 Å². The molecule has 1 aromatic heterocycles. The Hall–Kier alpha value is -1.07. The highest BCUT2D eigenvalue weighted by Crippen LogP contribution is 2.32. The summed E-state index contributed by atoms with van der Waals surface area (Å²) >= 11 is 3.52. The minimum atomic E-state index is -0.456. The number of aromatic nitrogens is 1. The molecule has 3 nitrogen and oxygen atoms in total. The second-order valence-electron chi connectivity index (χ2n) is 5.70. The number of likely N-dealkylation sites (N-methyl/N-ethyl adjacent to an activating group) is 1. The minimum Gasteiger partial charge on any atom is -0.389 e. The van der Waals surface area contributed by atoms with Crippen LogP contribution in [0, 0.1) is 0 Å². The van der Waals surface area contributed by atoms with Gasteiger partial charge in [0.05, 0.1) is 12.1 Å². The Morgan fingerprint density at radius 3 is 2.87 bits per heavy atom. The molecule has 23 heavy (non-hydrogen) atoms. The van der Waals surface area contributed by atoms with Crippen LogP contribution in [0.15, 0.2) is 58.7 Å². The normalized spacial score (nSPS) is 16.7. The molecule has 2 N–H and O–H groups in total. The number of nitrogens with one attached hydrogen (secondary N) is 1. The third kappa shape index (κ3) is 3.89. The second-order valence-corrected chi connectivity index (χ2v) is 6.62. The summed E-state index contributed by atoms with van der Waals surface area (Å²) in [5, 5.41) is 15.0. The van der Waals surface area contributed by atoms with E-state index < -0.39 is 6.10 Å². The predicted octanol–water partition coefficient (Wildman–Crippen LogP) is 4.22. The van der Waals surface area contributed by atoms with Crippen LogP contribution in [0.4, 0.5) is 0 Å². The molecule has 0 amide bonds. The molecule has 0 radical (unpaired) electrons. The van der Waals surface area contributed by atoms with Gasteiger partial charge in [-0.15, -0.1) is 12.4 Å². The van der Waals surface area contributed by atoms with E-state index in [1.807, 2.05) is 7.05 Å². The van der Waals surface area contributed by atoms with Crippen molar-refractivity contribution in [3.8, 4) is 0 Å². The molecule has 0 aliphatic heterocycles. The van der Waals surface area contributed by atoms with Gasteiger partial charge in [0.2, 0.25) is 0 Å². The van der Waals surface area contributed by atoms with Crippen LogP contribution in [0.5, 0.6) is 0 Å². The summed E-state index contributed by atoms with van der Waals surface area (Å²) in [6.45, 7) is 0.571. The smallest absolute Gasteiger partial charge is 0.0909 e. The Morgan fingerprint density at radius 2 is 2.17 bits per heavy atom. The van der Waals surface area contributed by atoms with Gasteiger partial charge in [0, 0.05) is 28.1 Å². The molecule has 0 spiro atoms. The van der Waals surface area contributed by atoms with E-state index >= 15 is 0 Å². The highest BCUT2D eigenvalue weighted by atomic mass is 79.9. The van der Waals surface area contributed by atoms with Crippen molar-refractivity contribution >= 4 is 39.2 Å². The molecule has 1 aliphatic rings. The fourth-order valence-corrected chi connectivity index (χ4v) is 3.56. The standard InChI is InChI=1S/C18H21BrN2O.ClH/c1-20-12-17(22)18(13-5-3-2-4-6-13)21-10-9-14-11-15(19)7-8-16(14)21;/h2-3,5,7-11,17-18,20,22H,4,6,12H2,1H3;1H/t17?,18-;/m0./s1. The number of halogens is 2. The molecule has 2 atom stereocenters. The highest BCUT2D eigenvalue weighted by Gasteiger charge is 2.25. The van der Waals surface area contributed by atoms with Crippen LogP contribution in [0.3, 0.4) is 0 Å². The molecule has 0 bridgehead atoms. The van der Waals surface area contributed by atoms with Gasteiger partial charge in [-0.1, -0.05) is 34.2 Å². The van der Waals surface area contributed by atoms with Gasteiger partial charge in [0.1, 0.15) is 0 Å². The molecule has 1 heterocycles. The van der Waals surface area contributed by atoms with E-state index in [9.17, 15) is 5.11 Å². The van der Waals surface area contributed by atoms with Crippen molar-refractivity contribution < 1.29 is 5.11 Å². The number of rotatable bonds is 5. The average molecular weight is 398 g/mol. The fourth-order valence-electron chi connectivity index (χ4n) is 3.18. The lowest BCUT2D eigenvalue weighted by Crippen LogP contribution is -2.34. The maximum absolute atomic E-state index is 10.7. The monoisotopic (exact) mass is 396 g/mol. The van der Waals surface area contributed by atoms with Gasteiger partial charge in [0.25, 0.3) is 0 Å². The molecule has 1 aliphatic carbocycles. The Labute approximate surface area is 151 Å². The second kappa shape index (κ2) is 8.15. The van der Waals surface area contributed by atoms with Crippen molar-refractivity contribution in [2.45, 2.75) is 25.0 Å². The summed E-state index contributed by atoms with van der Waals surface area (Å²) in [5.41, 5.74) is 2.43. The number of aliphatic hydroxyl groups is 1. The topological polar surface area (TPSA) is 37.2 Å². The van der Waals surface area contributed by atoms with Crippen molar-refractivity contribution in [1.29, 1.82) is 0 Å². The van der Waals surface area contributed by atoms with Crippen molar-refractivity contribution in [2.24, 2.45) is 0 Å². The minimum absolute atomic E-state index is 0. The molecule has 0 saturated heterocycles. The third-order valence-electron chi connectivity index (χ3n) is 4.19. The van der Waals surface area contributed by atoms with E-state index in [0.717, 1.165) is 22.8 Å². The largest absolute Gasteiger partial charge is 0.389 e. The summed E-state index contributed by atoms with van der Waals surface area (Å²) in [5.74, 6) is 0. The molecule has 1 aromatic carbocycles. The molecule has 5 heteroatoms. The van der Waals surface area contributed by atoms with Crippen molar-refractivity contribution in [3.05, 3.63) is 58.7 Å². The first-order valence-electron chi connectivity index (χ1n) is 7.65. The van der Waals surface area contributed by atoms with E-state index in [0.29, 0.717) is 6.54 Å². The van der Waals surface area contributed by atoms with E-state index in [2.05, 4.69) is 74.5 Å². The number of aliphatic hydroxyl groups excluding tert-OH is 1. The van der Waals surface area contributed by atoms with Crippen LogP contribution < -0.4 is 5.32 Å². The molecular weight excluding hydrogens is 376 g/mol. The van der Waals surface area contributed by atoms with Crippen LogP contribution in [-0.4, -0.2) is 29.4 Å². The number of hydrogen-bond acceptors (Lipinski definition) is 2. The summed E-state index contributed by atoms with van der Waals surface area (Å²) in [6.07, 6.45) is 10.1. The van der Waals surface area contributed by atoms with Crippen molar-refractivity contribution in [3.63, 3.8) is 0 Å². The Balaban J connectivity index is 0.00000192. The highest BCUT2D eigenvalue weighted by molar-refractivity contribution is 9.10. The summed E-state index contributed by atoms with van der Waals surface area (Å²) in [7, 11) is 1.88. The van der Waals surface area contributed by atoms with E-state index in [1.165, 1.54) is 11.0 Å². The van der Waals surface area contributed by atoms with Crippen LogP contribution in [-0.2, 0) is 0 Å². The molecule has 1 unspecified atom stereocenters. The van der Waals surface area contributed by atoms with Crippen LogP contribution in [0.2, 0.25) is 0 Å². The molecule has 0 fully saturated rings. The quantitative estimate of drug-likeness (QED) is 0.792. The van der Waals surface area contributed by atoms with Gasteiger partial charge >= 0.3 is 0 Å². The number of benzene rings is 1. The van der Waals surface area contributed by atoms with E-state index in [1.54, 1.807) is 0 Å². The van der Waals surface area contributed by atoms with Gasteiger partial charge in [-0.3, -0.25) is 0 Å². The lowest BCUT2D eigenvalue weighted by molar-refractivity contribution is 0.129. The molecule has 3 rings (SSSR count). The Bertz CT molecular complexity index is 723. The van der Waals surface area contributed by atoms with Crippen LogP contribution in [0.1, 0.15) is 18.9 Å². The van der Waals surface area contributed by atoms with Crippen LogP contribution in [0.25, 0.3) is 10.9 Å². The lowest BCUT2D eigenvalue weighted by atomic mass is 9.93. The SMILES string of the molecule is CNCC(O)[C@H](C1=CC=CCC1)n1ccc2cc(Br)ccc21.Cl. The van der Waals surface area contributed by atoms with Gasteiger partial charge in [-0.2, -0.15) is 0 Å². The average Bonchev–Trinajstić information content (AvgIpc) is 2.92. The number of hydrogen-bond donors (Lipinski definition) is 2. The molecule has 0 saturated carbocycles. The van der Waals surface area contributed by atoms with Crippen molar-refractivity contribution in [2.75, 3.05) is 13.6 Å².